The van der Waals surface area contributed by atoms with Gasteiger partial charge in [0.05, 0.1) is 0 Å². The van der Waals surface area contributed by atoms with E-state index in [0.29, 0.717) is 16.1 Å². The van der Waals surface area contributed by atoms with Gasteiger partial charge < -0.3 is 10.0 Å². The molecular weight excluding hydrogens is 250 g/mol. The van der Waals surface area contributed by atoms with Gasteiger partial charge >= 0.3 is 7.12 Å². The van der Waals surface area contributed by atoms with Crippen LogP contribution < -0.4 is 5.46 Å². The van der Waals surface area contributed by atoms with Crippen LogP contribution in [0.1, 0.15) is 5.56 Å². The summed E-state index contributed by atoms with van der Waals surface area (Å²) in [4.78, 5) is 0.615. The summed E-state index contributed by atoms with van der Waals surface area (Å²) in [5.41, 5.74) is 1.46. The Morgan fingerprint density at radius 1 is 1.00 bits per heavy atom. The van der Waals surface area contributed by atoms with Gasteiger partial charge in [-0.1, -0.05) is 36.4 Å². The quantitative estimate of drug-likeness (QED) is 0.652. The largest absolute Gasteiger partial charge is 0.488 e. The summed E-state index contributed by atoms with van der Waals surface area (Å²) in [6.07, 6.45) is 0. The Kier molecular flexibility index (Phi) is 4.41. The van der Waals surface area contributed by atoms with E-state index in [-0.39, 0.29) is 5.82 Å². The van der Waals surface area contributed by atoms with E-state index in [1.54, 1.807) is 30.3 Å². The highest BCUT2D eigenvalue weighted by atomic mass is 32.2. The van der Waals surface area contributed by atoms with Gasteiger partial charge in [0.25, 0.3) is 0 Å². The molecule has 0 fully saturated rings. The zero-order valence-electron chi connectivity index (χ0n) is 9.58. The number of hydrogen-bond donors (Lipinski definition) is 2. The van der Waals surface area contributed by atoms with Crippen molar-refractivity contribution in [1.29, 1.82) is 0 Å². The van der Waals surface area contributed by atoms with Crippen molar-refractivity contribution < 1.29 is 14.4 Å². The molecule has 2 aromatic rings. The molecule has 0 amide bonds. The van der Waals surface area contributed by atoms with Crippen molar-refractivity contribution in [3.8, 4) is 0 Å². The number of benzene rings is 2. The maximum atomic E-state index is 13.4. The van der Waals surface area contributed by atoms with Crippen LogP contribution in [0, 0.1) is 5.82 Å². The summed E-state index contributed by atoms with van der Waals surface area (Å²) in [6, 6.07) is 13.6. The fourth-order valence-electron chi connectivity index (χ4n) is 1.51. The average Bonchev–Trinajstić information content (AvgIpc) is 2.38. The molecule has 0 saturated heterocycles. The summed E-state index contributed by atoms with van der Waals surface area (Å²) in [5, 5.41) is 17.9. The van der Waals surface area contributed by atoms with Crippen molar-refractivity contribution in [2.75, 3.05) is 0 Å². The molecule has 0 heterocycles. The second-order valence-electron chi connectivity index (χ2n) is 3.83. The van der Waals surface area contributed by atoms with Crippen molar-refractivity contribution in [2.45, 2.75) is 10.6 Å². The first-order valence-corrected chi connectivity index (χ1v) is 6.47. The molecule has 0 atom stereocenters. The Morgan fingerprint density at radius 3 is 2.28 bits per heavy atom. The van der Waals surface area contributed by atoms with Gasteiger partial charge in [-0.25, -0.2) is 4.39 Å². The lowest BCUT2D eigenvalue weighted by molar-refractivity contribution is 0.426. The van der Waals surface area contributed by atoms with Crippen molar-refractivity contribution in [1.82, 2.24) is 0 Å². The Balaban J connectivity index is 2.00. The van der Waals surface area contributed by atoms with Crippen LogP contribution in [0.5, 0.6) is 0 Å². The Hall–Kier alpha value is -1.30. The van der Waals surface area contributed by atoms with Gasteiger partial charge in [-0.05, 0) is 23.2 Å². The van der Waals surface area contributed by atoms with Crippen molar-refractivity contribution in [3.05, 3.63) is 59.9 Å². The highest BCUT2D eigenvalue weighted by Gasteiger charge is 2.09. The van der Waals surface area contributed by atoms with Crippen LogP contribution in [0.3, 0.4) is 0 Å². The molecule has 0 aliphatic carbocycles. The first-order chi connectivity index (χ1) is 8.66. The van der Waals surface area contributed by atoms with Gasteiger partial charge in [0, 0.05) is 10.6 Å². The van der Waals surface area contributed by atoms with E-state index in [1.807, 2.05) is 12.1 Å². The second kappa shape index (κ2) is 6.04. The molecule has 2 aromatic carbocycles. The van der Waals surface area contributed by atoms with Gasteiger partial charge in [-0.2, -0.15) is 0 Å². The fourth-order valence-corrected chi connectivity index (χ4v) is 2.40. The molecular formula is C13H12BFO2S. The van der Waals surface area contributed by atoms with Crippen LogP contribution >= 0.6 is 11.8 Å². The molecule has 92 valence electrons. The lowest BCUT2D eigenvalue weighted by atomic mass is 9.80. The van der Waals surface area contributed by atoms with Gasteiger partial charge in [0.15, 0.2) is 0 Å². The standard InChI is InChI=1S/C13H12BFO2S/c15-12-3-1-2-4-13(12)18-9-10-5-7-11(8-6-10)14(16)17/h1-8,16-17H,9H2. The zero-order valence-corrected chi connectivity index (χ0v) is 10.4. The van der Waals surface area contributed by atoms with Gasteiger partial charge in [-0.15, -0.1) is 11.8 Å². The van der Waals surface area contributed by atoms with Crippen molar-refractivity contribution >= 4 is 24.3 Å². The minimum absolute atomic E-state index is 0.218. The first-order valence-electron chi connectivity index (χ1n) is 5.49. The second-order valence-corrected chi connectivity index (χ2v) is 4.85. The maximum Gasteiger partial charge on any atom is 0.488 e. The third-order valence-electron chi connectivity index (χ3n) is 2.51. The molecule has 0 spiro atoms. The normalized spacial score (nSPS) is 10.4. The van der Waals surface area contributed by atoms with Crippen LogP contribution in [0.4, 0.5) is 4.39 Å². The van der Waals surface area contributed by atoms with Crippen molar-refractivity contribution in [2.24, 2.45) is 0 Å². The SMILES string of the molecule is OB(O)c1ccc(CSc2ccccc2F)cc1. The molecule has 2 N–H and O–H groups in total. The zero-order chi connectivity index (χ0) is 13.0. The lowest BCUT2D eigenvalue weighted by Gasteiger charge is -2.04. The monoisotopic (exact) mass is 262 g/mol. The smallest absolute Gasteiger partial charge is 0.423 e. The summed E-state index contributed by atoms with van der Waals surface area (Å²) in [6.45, 7) is 0. The Bertz CT molecular complexity index is 517. The molecule has 0 radical (unpaired) electrons. The van der Waals surface area contributed by atoms with E-state index >= 15 is 0 Å². The molecule has 0 aromatic heterocycles. The van der Waals surface area contributed by atoms with Crippen LogP contribution in [-0.4, -0.2) is 17.2 Å². The van der Waals surface area contributed by atoms with Gasteiger partial charge in [-0.3, -0.25) is 0 Å². The van der Waals surface area contributed by atoms with E-state index in [9.17, 15) is 4.39 Å². The van der Waals surface area contributed by atoms with E-state index in [2.05, 4.69) is 0 Å². The summed E-state index contributed by atoms with van der Waals surface area (Å²) >= 11 is 1.41. The third kappa shape index (κ3) is 3.35. The number of thioether (sulfide) groups is 1. The molecule has 2 rings (SSSR count). The average molecular weight is 262 g/mol. The number of hydrogen-bond acceptors (Lipinski definition) is 3. The van der Waals surface area contributed by atoms with E-state index in [1.165, 1.54) is 17.8 Å². The van der Waals surface area contributed by atoms with Crippen LogP contribution in [0.2, 0.25) is 0 Å². The maximum absolute atomic E-state index is 13.4. The number of halogens is 1. The Labute approximate surface area is 110 Å². The summed E-state index contributed by atoms with van der Waals surface area (Å²) < 4.78 is 13.4. The molecule has 0 aliphatic heterocycles. The van der Waals surface area contributed by atoms with E-state index in [0.717, 1.165) is 5.56 Å². The predicted octanol–water partition coefficient (Wildman–Crippen LogP) is 1.80. The first kappa shape index (κ1) is 13.1. The molecule has 2 nitrogen and oxygen atoms in total. The third-order valence-corrected chi connectivity index (χ3v) is 3.63. The molecule has 18 heavy (non-hydrogen) atoms. The van der Waals surface area contributed by atoms with E-state index in [4.69, 9.17) is 10.0 Å². The highest BCUT2D eigenvalue weighted by Crippen LogP contribution is 2.24. The lowest BCUT2D eigenvalue weighted by Crippen LogP contribution is -2.29. The van der Waals surface area contributed by atoms with Gasteiger partial charge in [0.1, 0.15) is 5.82 Å². The molecule has 0 bridgehead atoms. The number of rotatable bonds is 4. The van der Waals surface area contributed by atoms with E-state index < -0.39 is 7.12 Å². The fraction of sp³-hybridized carbons (Fsp3) is 0.0769. The predicted molar refractivity (Wildman–Crippen MR) is 72.2 cm³/mol. The summed E-state index contributed by atoms with van der Waals surface area (Å²) in [5.74, 6) is 0.424. The Morgan fingerprint density at radius 2 is 1.67 bits per heavy atom. The minimum atomic E-state index is -1.45. The van der Waals surface area contributed by atoms with Crippen molar-refractivity contribution in [3.63, 3.8) is 0 Å². The van der Waals surface area contributed by atoms with Crippen LogP contribution in [0.15, 0.2) is 53.4 Å². The van der Waals surface area contributed by atoms with Crippen LogP contribution in [0.25, 0.3) is 0 Å². The van der Waals surface area contributed by atoms with Crippen LogP contribution in [-0.2, 0) is 5.75 Å². The molecule has 0 aliphatic rings. The molecule has 5 heteroatoms. The highest BCUT2D eigenvalue weighted by molar-refractivity contribution is 7.98. The summed E-state index contributed by atoms with van der Waals surface area (Å²) in [7, 11) is -1.45. The minimum Gasteiger partial charge on any atom is -0.423 e. The topological polar surface area (TPSA) is 40.5 Å². The van der Waals surface area contributed by atoms with Gasteiger partial charge in [0.2, 0.25) is 0 Å². The molecule has 0 unspecified atom stereocenters. The molecule has 0 saturated carbocycles.